The van der Waals surface area contributed by atoms with Crippen LogP contribution in [-0.2, 0) is 16.0 Å². The van der Waals surface area contributed by atoms with Crippen molar-refractivity contribution in [3.8, 4) is 0 Å². The van der Waals surface area contributed by atoms with Gasteiger partial charge in [-0.05, 0) is 74.1 Å². The Bertz CT molecular complexity index is 842. The molecule has 0 radical (unpaired) electrons. The predicted molar refractivity (Wildman–Crippen MR) is 106 cm³/mol. The van der Waals surface area contributed by atoms with Crippen LogP contribution in [0.3, 0.4) is 0 Å². The summed E-state index contributed by atoms with van der Waals surface area (Å²) in [5, 5.41) is 2.97. The number of aryl methyl sites for hydroxylation is 4. The summed E-state index contributed by atoms with van der Waals surface area (Å²) in [7, 11) is 0. The average molecular weight is 350 g/mol. The first-order chi connectivity index (χ1) is 12.4. The van der Waals surface area contributed by atoms with Gasteiger partial charge < -0.3 is 10.2 Å². The number of anilines is 2. The van der Waals surface area contributed by atoms with Gasteiger partial charge in [-0.1, -0.05) is 18.2 Å². The second kappa shape index (κ2) is 7.73. The van der Waals surface area contributed by atoms with Crippen molar-refractivity contribution in [2.24, 2.45) is 0 Å². The predicted octanol–water partition coefficient (Wildman–Crippen LogP) is 4.31. The quantitative estimate of drug-likeness (QED) is 0.873. The van der Waals surface area contributed by atoms with E-state index in [1.807, 2.05) is 30.0 Å². The Morgan fingerprint density at radius 1 is 1.04 bits per heavy atom. The van der Waals surface area contributed by atoms with Gasteiger partial charge in [0.15, 0.2) is 0 Å². The molecule has 1 heterocycles. The van der Waals surface area contributed by atoms with Crippen molar-refractivity contribution in [1.29, 1.82) is 0 Å². The van der Waals surface area contributed by atoms with E-state index in [1.54, 1.807) is 0 Å². The van der Waals surface area contributed by atoms with Gasteiger partial charge in [0, 0.05) is 30.8 Å². The average Bonchev–Trinajstić information content (AvgIpc) is 3.02. The summed E-state index contributed by atoms with van der Waals surface area (Å²) in [6, 6.07) is 12.1. The first-order valence-corrected chi connectivity index (χ1v) is 9.21. The van der Waals surface area contributed by atoms with E-state index in [-0.39, 0.29) is 11.8 Å². The van der Waals surface area contributed by atoms with Crippen LogP contribution >= 0.6 is 0 Å². The molecule has 0 atom stereocenters. The van der Waals surface area contributed by atoms with E-state index < -0.39 is 0 Å². The lowest BCUT2D eigenvalue weighted by atomic mass is 10.0. The molecule has 0 unspecified atom stereocenters. The number of nitrogens with one attached hydrogen (secondary N) is 1. The largest absolute Gasteiger partial charge is 0.326 e. The summed E-state index contributed by atoms with van der Waals surface area (Å²) in [6.45, 7) is 6.94. The van der Waals surface area contributed by atoms with Crippen LogP contribution in [0.2, 0.25) is 0 Å². The molecule has 0 spiro atoms. The van der Waals surface area contributed by atoms with Gasteiger partial charge in [0.2, 0.25) is 11.8 Å². The minimum Gasteiger partial charge on any atom is -0.326 e. The molecular weight excluding hydrogens is 324 g/mol. The summed E-state index contributed by atoms with van der Waals surface area (Å²) >= 11 is 0. The molecule has 0 aromatic heterocycles. The number of rotatable bonds is 5. The van der Waals surface area contributed by atoms with Gasteiger partial charge in [-0.25, -0.2) is 0 Å². The van der Waals surface area contributed by atoms with Gasteiger partial charge in [-0.2, -0.15) is 0 Å². The van der Waals surface area contributed by atoms with Crippen molar-refractivity contribution in [3.05, 3.63) is 58.7 Å². The summed E-state index contributed by atoms with van der Waals surface area (Å²) in [5.74, 6) is 0.186. The molecule has 1 N–H and O–H groups in total. The molecule has 0 saturated carbocycles. The van der Waals surface area contributed by atoms with Crippen LogP contribution in [0, 0.1) is 20.8 Å². The maximum absolute atomic E-state index is 12.3. The van der Waals surface area contributed by atoms with Crippen molar-refractivity contribution in [3.63, 3.8) is 0 Å². The van der Waals surface area contributed by atoms with Gasteiger partial charge >= 0.3 is 0 Å². The van der Waals surface area contributed by atoms with Gasteiger partial charge in [0.1, 0.15) is 0 Å². The minimum absolute atomic E-state index is 0.00706. The Labute approximate surface area is 155 Å². The zero-order chi connectivity index (χ0) is 18.7. The van der Waals surface area contributed by atoms with Crippen molar-refractivity contribution >= 4 is 23.2 Å². The van der Waals surface area contributed by atoms with Crippen LogP contribution in [0.15, 0.2) is 36.4 Å². The molecule has 1 fully saturated rings. The fraction of sp³-hybridized carbons (Fsp3) is 0.364. The van der Waals surface area contributed by atoms with Gasteiger partial charge in [0.05, 0.1) is 0 Å². The monoisotopic (exact) mass is 350 g/mol. The maximum Gasteiger partial charge on any atom is 0.227 e. The SMILES string of the molecule is Cc1ccc(CCC(=O)Nc2ccc(N3CCCC3=O)c(C)c2)cc1C. The van der Waals surface area contributed by atoms with Crippen molar-refractivity contribution in [1.82, 2.24) is 0 Å². The van der Waals surface area contributed by atoms with E-state index in [0.717, 1.165) is 36.3 Å². The highest BCUT2D eigenvalue weighted by molar-refractivity contribution is 5.97. The van der Waals surface area contributed by atoms with Crippen LogP contribution < -0.4 is 10.2 Å². The zero-order valence-corrected chi connectivity index (χ0v) is 15.8. The van der Waals surface area contributed by atoms with E-state index in [0.29, 0.717) is 12.8 Å². The molecular formula is C22H26N2O2. The maximum atomic E-state index is 12.3. The Morgan fingerprint density at radius 2 is 1.85 bits per heavy atom. The number of amides is 2. The van der Waals surface area contributed by atoms with Crippen LogP contribution in [0.5, 0.6) is 0 Å². The Balaban J connectivity index is 1.59. The normalized spacial score (nSPS) is 14.0. The van der Waals surface area contributed by atoms with Crippen LogP contribution in [0.1, 0.15) is 41.5 Å². The molecule has 4 nitrogen and oxygen atoms in total. The number of hydrogen-bond donors (Lipinski definition) is 1. The third-order valence-corrected chi connectivity index (χ3v) is 5.06. The molecule has 136 valence electrons. The molecule has 0 aliphatic carbocycles. The summed E-state index contributed by atoms with van der Waals surface area (Å²) in [6.07, 6.45) is 2.71. The van der Waals surface area contributed by atoms with Crippen LogP contribution in [-0.4, -0.2) is 18.4 Å². The summed E-state index contributed by atoms with van der Waals surface area (Å²) in [5.41, 5.74) is 6.44. The smallest absolute Gasteiger partial charge is 0.227 e. The molecule has 1 aliphatic heterocycles. The second-order valence-electron chi connectivity index (χ2n) is 7.12. The lowest BCUT2D eigenvalue weighted by Gasteiger charge is -2.19. The second-order valence-corrected chi connectivity index (χ2v) is 7.12. The molecule has 2 aromatic rings. The van der Waals surface area contributed by atoms with Crippen LogP contribution in [0.25, 0.3) is 0 Å². The third-order valence-electron chi connectivity index (χ3n) is 5.06. The lowest BCUT2D eigenvalue weighted by molar-refractivity contribution is -0.117. The van der Waals surface area contributed by atoms with Crippen LogP contribution in [0.4, 0.5) is 11.4 Å². The molecule has 2 aromatic carbocycles. The zero-order valence-electron chi connectivity index (χ0n) is 15.8. The Hall–Kier alpha value is -2.62. The molecule has 26 heavy (non-hydrogen) atoms. The fourth-order valence-corrected chi connectivity index (χ4v) is 3.38. The summed E-state index contributed by atoms with van der Waals surface area (Å²) in [4.78, 5) is 26.0. The van der Waals surface area contributed by atoms with E-state index in [9.17, 15) is 9.59 Å². The first-order valence-electron chi connectivity index (χ1n) is 9.21. The number of hydrogen-bond acceptors (Lipinski definition) is 2. The van der Waals surface area contributed by atoms with E-state index in [4.69, 9.17) is 0 Å². The number of carbonyl (C=O) groups excluding carboxylic acids is 2. The van der Waals surface area contributed by atoms with Crippen molar-refractivity contribution in [2.75, 3.05) is 16.8 Å². The van der Waals surface area contributed by atoms with Gasteiger partial charge in [-0.15, -0.1) is 0 Å². The Kier molecular flexibility index (Phi) is 5.40. The highest BCUT2D eigenvalue weighted by atomic mass is 16.2. The van der Waals surface area contributed by atoms with E-state index in [2.05, 4.69) is 37.4 Å². The standard InChI is InChI=1S/C22H26N2O2/c1-15-6-7-18(13-16(15)2)8-11-21(25)23-19-9-10-20(17(3)14-19)24-12-4-5-22(24)26/h6-7,9-10,13-14H,4-5,8,11-12H2,1-3H3,(H,23,25). The van der Waals surface area contributed by atoms with Gasteiger partial charge in [-0.3, -0.25) is 9.59 Å². The van der Waals surface area contributed by atoms with E-state index in [1.165, 1.54) is 16.7 Å². The summed E-state index contributed by atoms with van der Waals surface area (Å²) < 4.78 is 0. The Morgan fingerprint density at radius 3 is 2.50 bits per heavy atom. The fourth-order valence-electron chi connectivity index (χ4n) is 3.38. The molecule has 1 saturated heterocycles. The van der Waals surface area contributed by atoms with Crippen molar-refractivity contribution in [2.45, 2.75) is 46.5 Å². The van der Waals surface area contributed by atoms with E-state index >= 15 is 0 Å². The molecule has 3 rings (SSSR count). The van der Waals surface area contributed by atoms with Crippen molar-refractivity contribution < 1.29 is 9.59 Å². The number of nitrogens with zero attached hydrogens (tertiary/aromatic N) is 1. The minimum atomic E-state index is 0.00706. The van der Waals surface area contributed by atoms with Gasteiger partial charge in [0.25, 0.3) is 0 Å². The molecule has 2 amide bonds. The molecule has 0 bridgehead atoms. The highest BCUT2D eigenvalue weighted by Crippen LogP contribution is 2.27. The highest BCUT2D eigenvalue weighted by Gasteiger charge is 2.23. The first kappa shape index (κ1) is 18.2. The lowest BCUT2D eigenvalue weighted by Crippen LogP contribution is -2.24. The number of benzene rings is 2. The number of carbonyl (C=O) groups is 2. The topological polar surface area (TPSA) is 49.4 Å². The molecule has 1 aliphatic rings. The molecule has 4 heteroatoms. The third kappa shape index (κ3) is 4.13.